The highest BCUT2D eigenvalue weighted by Crippen LogP contribution is 2.25. The molecule has 1 N–H and O–H groups in total. The number of amides is 1. The van der Waals surface area contributed by atoms with Gasteiger partial charge in [0.1, 0.15) is 11.6 Å². The third kappa shape index (κ3) is 5.60. The summed E-state index contributed by atoms with van der Waals surface area (Å²) in [4.78, 5) is 13.1. The predicted octanol–water partition coefficient (Wildman–Crippen LogP) is 3.67. The van der Waals surface area contributed by atoms with Crippen LogP contribution in [0.25, 0.3) is 0 Å². The zero-order valence-corrected chi connectivity index (χ0v) is 14.0. The number of carbonyl (C=O) groups excluding carboxylic acids is 1. The summed E-state index contributed by atoms with van der Waals surface area (Å²) in [6.45, 7) is 2.42. The lowest BCUT2D eigenvalue weighted by atomic mass is 10.1. The number of ether oxygens (including phenoxy) is 1. The average molecular weight is 333 g/mol. The summed E-state index contributed by atoms with van der Waals surface area (Å²) in [5.41, 5.74) is 1.00. The van der Waals surface area contributed by atoms with E-state index >= 15 is 0 Å². The van der Waals surface area contributed by atoms with E-state index in [0.29, 0.717) is 13.0 Å². The van der Waals surface area contributed by atoms with Crippen LogP contribution in [-0.4, -0.2) is 24.8 Å². The van der Waals surface area contributed by atoms with Gasteiger partial charge >= 0.3 is 0 Å². The fourth-order valence-corrected chi connectivity index (χ4v) is 2.93. The number of halogens is 1. The lowest BCUT2D eigenvalue weighted by molar-refractivity contribution is -0.120. The topological polar surface area (TPSA) is 38.3 Å². The third-order valence-electron chi connectivity index (χ3n) is 3.37. The molecule has 0 aliphatic carbocycles. The molecule has 0 heterocycles. The van der Waals surface area contributed by atoms with E-state index in [9.17, 15) is 9.18 Å². The first kappa shape index (κ1) is 17.3. The number of methoxy groups -OCH3 is 1. The van der Waals surface area contributed by atoms with Crippen molar-refractivity contribution in [3.8, 4) is 5.75 Å². The Morgan fingerprint density at radius 2 is 1.83 bits per heavy atom. The molecule has 2 rings (SSSR count). The van der Waals surface area contributed by atoms with Crippen molar-refractivity contribution in [3.05, 3.63) is 59.9 Å². The van der Waals surface area contributed by atoms with Crippen molar-refractivity contribution in [1.82, 2.24) is 5.32 Å². The Labute approximate surface area is 140 Å². The number of carbonyl (C=O) groups is 1. The molecule has 1 amide bonds. The molecule has 0 radical (unpaired) electrons. The lowest BCUT2D eigenvalue weighted by Crippen LogP contribution is -2.32. The molecule has 0 saturated carbocycles. The maximum absolute atomic E-state index is 12.8. The van der Waals surface area contributed by atoms with Crippen molar-refractivity contribution in [2.45, 2.75) is 23.5 Å². The molecule has 1 atom stereocenters. The Kier molecular flexibility index (Phi) is 6.47. The van der Waals surface area contributed by atoms with Crippen LogP contribution in [0.3, 0.4) is 0 Å². The van der Waals surface area contributed by atoms with Gasteiger partial charge in [0.05, 0.1) is 12.4 Å². The van der Waals surface area contributed by atoms with E-state index in [4.69, 9.17) is 4.74 Å². The van der Waals surface area contributed by atoms with Gasteiger partial charge in [-0.3, -0.25) is 4.79 Å². The Morgan fingerprint density at radius 1 is 1.17 bits per heavy atom. The summed E-state index contributed by atoms with van der Waals surface area (Å²) in [5.74, 6) is 0.543. The van der Waals surface area contributed by atoms with Crippen molar-refractivity contribution in [3.63, 3.8) is 0 Å². The number of rotatable bonds is 7. The van der Waals surface area contributed by atoms with Crippen molar-refractivity contribution >= 4 is 17.7 Å². The summed E-state index contributed by atoms with van der Waals surface area (Å²) in [6, 6.07) is 14.0. The molecule has 0 aromatic heterocycles. The smallest absolute Gasteiger partial charge is 0.233 e. The molecular weight excluding hydrogens is 313 g/mol. The maximum Gasteiger partial charge on any atom is 0.233 e. The highest BCUT2D eigenvalue weighted by molar-refractivity contribution is 8.00. The monoisotopic (exact) mass is 333 g/mol. The third-order valence-corrected chi connectivity index (χ3v) is 4.48. The second-order valence-corrected chi connectivity index (χ2v) is 6.52. The molecule has 0 fully saturated rings. The largest absolute Gasteiger partial charge is 0.497 e. The van der Waals surface area contributed by atoms with Gasteiger partial charge in [-0.1, -0.05) is 12.1 Å². The molecule has 0 aliphatic heterocycles. The molecule has 122 valence electrons. The fraction of sp³-hybridized carbons (Fsp3) is 0.278. The highest BCUT2D eigenvalue weighted by atomic mass is 32.2. The Morgan fingerprint density at radius 3 is 2.43 bits per heavy atom. The van der Waals surface area contributed by atoms with Gasteiger partial charge in [0.25, 0.3) is 0 Å². The molecule has 2 aromatic carbocycles. The molecule has 5 heteroatoms. The van der Waals surface area contributed by atoms with Crippen LogP contribution in [0.1, 0.15) is 12.5 Å². The van der Waals surface area contributed by atoms with Gasteiger partial charge in [0.15, 0.2) is 0 Å². The molecule has 23 heavy (non-hydrogen) atoms. The highest BCUT2D eigenvalue weighted by Gasteiger charge is 2.13. The van der Waals surface area contributed by atoms with Crippen LogP contribution in [0, 0.1) is 5.82 Å². The molecule has 3 nitrogen and oxygen atoms in total. The zero-order chi connectivity index (χ0) is 16.7. The van der Waals surface area contributed by atoms with Gasteiger partial charge < -0.3 is 10.1 Å². The first-order valence-electron chi connectivity index (χ1n) is 7.41. The Hall–Kier alpha value is -2.01. The van der Waals surface area contributed by atoms with Crippen molar-refractivity contribution < 1.29 is 13.9 Å². The number of hydrogen-bond donors (Lipinski definition) is 1. The zero-order valence-electron chi connectivity index (χ0n) is 13.2. The second kappa shape index (κ2) is 8.58. The normalized spacial score (nSPS) is 11.8. The number of nitrogens with one attached hydrogen (secondary N) is 1. The summed E-state index contributed by atoms with van der Waals surface area (Å²) in [7, 11) is 1.62. The van der Waals surface area contributed by atoms with Crippen molar-refractivity contribution in [1.29, 1.82) is 0 Å². The van der Waals surface area contributed by atoms with Gasteiger partial charge in [-0.05, 0) is 55.3 Å². The Bertz CT molecular complexity index is 628. The van der Waals surface area contributed by atoms with Crippen LogP contribution < -0.4 is 10.1 Å². The summed E-state index contributed by atoms with van der Waals surface area (Å²) >= 11 is 1.50. The van der Waals surface area contributed by atoms with Crippen LogP contribution in [0.2, 0.25) is 0 Å². The number of hydrogen-bond acceptors (Lipinski definition) is 3. The van der Waals surface area contributed by atoms with Gasteiger partial charge in [0.2, 0.25) is 5.91 Å². The van der Waals surface area contributed by atoms with Gasteiger partial charge in [-0.25, -0.2) is 4.39 Å². The second-order valence-electron chi connectivity index (χ2n) is 5.10. The standard InChI is InChI=1S/C18H20FNO2S/c1-13(23-17-9-7-16(22-2)8-10-17)18(21)20-12-11-14-3-5-15(19)6-4-14/h3-10,13H,11-12H2,1-2H3,(H,20,21). The van der Waals surface area contributed by atoms with E-state index in [1.807, 2.05) is 31.2 Å². The number of benzene rings is 2. The molecule has 0 bridgehead atoms. The van der Waals surface area contributed by atoms with E-state index in [-0.39, 0.29) is 17.0 Å². The van der Waals surface area contributed by atoms with Crippen molar-refractivity contribution in [2.75, 3.05) is 13.7 Å². The van der Waals surface area contributed by atoms with E-state index < -0.39 is 0 Å². The lowest BCUT2D eigenvalue weighted by Gasteiger charge is -2.12. The van der Waals surface area contributed by atoms with Crippen molar-refractivity contribution in [2.24, 2.45) is 0 Å². The first-order chi connectivity index (χ1) is 11.1. The number of thioether (sulfide) groups is 1. The van der Waals surface area contributed by atoms with E-state index in [0.717, 1.165) is 16.2 Å². The maximum atomic E-state index is 12.8. The SMILES string of the molecule is COc1ccc(SC(C)C(=O)NCCc2ccc(F)cc2)cc1. The molecular formula is C18H20FNO2S. The van der Waals surface area contributed by atoms with Crippen LogP contribution >= 0.6 is 11.8 Å². The summed E-state index contributed by atoms with van der Waals surface area (Å²) in [6.07, 6.45) is 0.686. The van der Waals surface area contributed by atoms with E-state index in [1.165, 1.54) is 23.9 Å². The Balaban J connectivity index is 1.76. The average Bonchev–Trinajstić information content (AvgIpc) is 2.57. The van der Waals surface area contributed by atoms with Gasteiger partial charge in [0, 0.05) is 11.4 Å². The first-order valence-corrected chi connectivity index (χ1v) is 8.29. The minimum Gasteiger partial charge on any atom is -0.497 e. The summed E-state index contributed by atoms with van der Waals surface area (Å²) < 4.78 is 17.9. The predicted molar refractivity (Wildman–Crippen MR) is 91.4 cm³/mol. The molecule has 0 spiro atoms. The quantitative estimate of drug-likeness (QED) is 0.786. The van der Waals surface area contributed by atoms with Crippen LogP contribution in [0.5, 0.6) is 5.75 Å². The van der Waals surface area contributed by atoms with Crippen LogP contribution in [0.15, 0.2) is 53.4 Å². The van der Waals surface area contributed by atoms with E-state index in [2.05, 4.69) is 5.32 Å². The molecule has 0 saturated heterocycles. The van der Waals surface area contributed by atoms with Gasteiger partial charge in [-0.15, -0.1) is 11.8 Å². The minimum absolute atomic E-state index is 0.00655. The molecule has 1 unspecified atom stereocenters. The molecule has 2 aromatic rings. The van der Waals surface area contributed by atoms with Crippen LogP contribution in [0.4, 0.5) is 4.39 Å². The van der Waals surface area contributed by atoms with E-state index in [1.54, 1.807) is 19.2 Å². The summed E-state index contributed by atoms with van der Waals surface area (Å²) in [5, 5.41) is 2.73. The van der Waals surface area contributed by atoms with Gasteiger partial charge in [-0.2, -0.15) is 0 Å². The molecule has 0 aliphatic rings. The van der Waals surface area contributed by atoms with Crippen LogP contribution in [-0.2, 0) is 11.2 Å². The fourth-order valence-electron chi connectivity index (χ4n) is 2.04. The minimum atomic E-state index is -0.248.